The Kier molecular flexibility index (Phi) is 7.96. The predicted molar refractivity (Wildman–Crippen MR) is 161 cm³/mol. The van der Waals surface area contributed by atoms with Crippen LogP contribution in [-0.2, 0) is 25.6 Å². The first-order valence-electron chi connectivity index (χ1n) is 14.8. The number of amides is 1. The van der Waals surface area contributed by atoms with Crippen molar-refractivity contribution >= 4 is 34.7 Å². The molecule has 0 heterocycles. The maximum absolute atomic E-state index is 14.1. The number of fused-ring (bicyclic) bond motifs is 3. The van der Waals surface area contributed by atoms with Crippen LogP contribution in [0.3, 0.4) is 0 Å². The summed E-state index contributed by atoms with van der Waals surface area (Å²) in [5.74, 6) is -8.88. The molecule has 10 nitrogen and oxygen atoms in total. The first-order valence-corrected chi connectivity index (χ1v) is 14.8. The largest absolute Gasteiger partial charge is 0.507 e. The van der Waals surface area contributed by atoms with Gasteiger partial charge in [0.25, 0.3) is 0 Å². The first-order chi connectivity index (χ1) is 20.4. The molecule has 10 heteroatoms. The van der Waals surface area contributed by atoms with E-state index in [2.05, 4.69) is 18.7 Å². The second kappa shape index (κ2) is 11.2. The number of primary amides is 1. The Morgan fingerprint density at radius 1 is 1.00 bits per heavy atom. The quantitative estimate of drug-likeness (QED) is 0.339. The molecule has 2 aromatic rings. The number of aliphatic hydroxyl groups excluding tert-OH is 1. The summed E-state index contributed by atoms with van der Waals surface area (Å²) in [7, 11) is 3.15. The number of aromatic hydroxyl groups is 1. The molecule has 0 saturated heterocycles. The predicted octanol–water partition coefficient (Wildman–Crippen LogP) is 2.63. The molecule has 0 bridgehead atoms. The van der Waals surface area contributed by atoms with Crippen molar-refractivity contribution in [3.05, 3.63) is 53.1 Å². The number of phenolic OH excluding ortho intramolecular Hbond substituents is 1. The van der Waals surface area contributed by atoms with E-state index in [4.69, 9.17) is 5.73 Å². The molecular formula is C33H39N3O7. The number of carbonyl (C=O) groups is 4. The minimum Gasteiger partial charge on any atom is -0.507 e. The van der Waals surface area contributed by atoms with Gasteiger partial charge >= 0.3 is 0 Å². The Morgan fingerprint density at radius 2 is 1.65 bits per heavy atom. The van der Waals surface area contributed by atoms with Crippen molar-refractivity contribution in [3.8, 4) is 16.9 Å². The highest BCUT2D eigenvalue weighted by Crippen LogP contribution is 2.53. The smallest absolute Gasteiger partial charge is 0.235 e. The van der Waals surface area contributed by atoms with Crippen LogP contribution in [0.1, 0.15) is 44.2 Å². The number of nitrogens with two attached hydrogens (primary N) is 1. The lowest BCUT2D eigenvalue weighted by Gasteiger charge is -2.51. The maximum atomic E-state index is 14.1. The Hall–Kier alpha value is -4.02. The van der Waals surface area contributed by atoms with Crippen molar-refractivity contribution in [2.45, 2.75) is 51.2 Å². The van der Waals surface area contributed by atoms with Crippen LogP contribution in [-0.4, -0.2) is 82.3 Å². The molecule has 3 aliphatic rings. The summed E-state index contributed by atoms with van der Waals surface area (Å²) in [6.07, 6.45) is 2.13. The Balaban J connectivity index is 1.70. The Labute approximate surface area is 250 Å². The summed E-state index contributed by atoms with van der Waals surface area (Å²) in [6, 6.07) is 10.1. The number of ketones is 3. The fraction of sp³-hybridized carbons (Fsp3) is 0.455. The minimum atomic E-state index is -2.74. The summed E-state index contributed by atoms with van der Waals surface area (Å²) >= 11 is 0. The highest BCUT2D eigenvalue weighted by molar-refractivity contribution is 6.32. The van der Waals surface area contributed by atoms with Crippen molar-refractivity contribution in [2.24, 2.45) is 23.5 Å². The van der Waals surface area contributed by atoms with Gasteiger partial charge in [0.15, 0.2) is 23.1 Å². The van der Waals surface area contributed by atoms with E-state index in [0.29, 0.717) is 5.56 Å². The number of likely N-dealkylation sites (N-methyl/N-ethyl adjacent to an activating group) is 1. The number of hydrogen-bond acceptors (Lipinski definition) is 9. The van der Waals surface area contributed by atoms with Crippen LogP contribution in [0.25, 0.3) is 16.9 Å². The number of aliphatic hydroxyl groups is 2. The lowest BCUT2D eigenvalue weighted by Crippen LogP contribution is -2.72. The fourth-order valence-electron chi connectivity index (χ4n) is 7.51. The van der Waals surface area contributed by atoms with Gasteiger partial charge in [0.05, 0.1) is 11.6 Å². The molecule has 2 fully saturated rings. The minimum absolute atomic E-state index is 0.0153. The standard InChI is InChI=1S/C33H39N3O7/c1-5-13-36(14-6-2)22-10-8-7-9-19(22)18-11-12-23(37)25-20(18)15-17-16-21-27(35(3)4)29(39)26(32(34)42)31(41)33(21,43)30(40)24(17)28(25)38/h7-12,17,21,26-27,37-38,43H,5-6,13-16H2,1-4H3,(H2,34,42)/t17-,21-,26?,27-,33-/m0/s1. The van der Waals surface area contributed by atoms with Gasteiger partial charge in [-0.1, -0.05) is 38.1 Å². The third kappa shape index (κ3) is 4.55. The Morgan fingerprint density at radius 3 is 2.26 bits per heavy atom. The van der Waals surface area contributed by atoms with Gasteiger partial charge in [-0.05, 0) is 69.0 Å². The van der Waals surface area contributed by atoms with Crippen molar-refractivity contribution in [1.29, 1.82) is 0 Å². The van der Waals surface area contributed by atoms with Gasteiger partial charge in [-0.15, -0.1) is 0 Å². The van der Waals surface area contributed by atoms with E-state index in [1.807, 2.05) is 24.3 Å². The van der Waals surface area contributed by atoms with E-state index in [0.717, 1.165) is 42.7 Å². The second-order valence-corrected chi connectivity index (χ2v) is 12.1. The SMILES string of the molecule is CCCN(CCC)c1ccccc1-c1ccc(O)c2c1C[C@H]1C[C@H]3[C@H](N(C)C)C(=O)C(C(N)=O)C(=O)[C@@]3(O)C(=O)C1=C2O. The topological polar surface area (TPSA) is 161 Å². The summed E-state index contributed by atoms with van der Waals surface area (Å²) in [6.45, 7) is 5.93. The highest BCUT2D eigenvalue weighted by Gasteiger charge is 2.67. The average molecular weight is 590 g/mol. The summed E-state index contributed by atoms with van der Waals surface area (Å²) in [4.78, 5) is 56.9. The van der Waals surface area contributed by atoms with Gasteiger partial charge in [-0.3, -0.25) is 24.1 Å². The van der Waals surface area contributed by atoms with E-state index in [9.17, 15) is 34.5 Å². The second-order valence-electron chi connectivity index (χ2n) is 12.1. The van der Waals surface area contributed by atoms with Crippen molar-refractivity contribution in [3.63, 3.8) is 0 Å². The number of rotatable bonds is 8. The zero-order valence-electron chi connectivity index (χ0n) is 25.0. The van der Waals surface area contributed by atoms with Gasteiger partial charge in [0.2, 0.25) is 11.7 Å². The molecule has 0 radical (unpaired) electrons. The molecule has 0 spiro atoms. The number of Topliss-reactive ketones (excluding diaryl/α,β-unsaturated/α-hetero) is 3. The molecule has 228 valence electrons. The van der Waals surface area contributed by atoms with Crippen molar-refractivity contribution < 1.29 is 34.5 Å². The van der Waals surface area contributed by atoms with Crippen LogP contribution >= 0.6 is 0 Å². The molecule has 1 amide bonds. The van der Waals surface area contributed by atoms with Crippen LogP contribution in [0, 0.1) is 17.8 Å². The normalized spacial score (nSPS) is 26.7. The number of anilines is 1. The molecular weight excluding hydrogens is 550 g/mol. The fourth-order valence-corrected chi connectivity index (χ4v) is 7.51. The Bertz CT molecular complexity index is 1540. The van der Waals surface area contributed by atoms with Crippen LogP contribution in [0.15, 0.2) is 42.0 Å². The molecule has 5 rings (SSSR count). The summed E-state index contributed by atoms with van der Waals surface area (Å²) < 4.78 is 0. The van der Waals surface area contributed by atoms with Crippen molar-refractivity contribution in [1.82, 2.24) is 4.90 Å². The molecule has 2 aromatic carbocycles. The summed E-state index contributed by atoms with van der Waals surface area (Å²) in [5, 5.41) is 34.4. The summed E-state index contributed by atoms with van der Waals surface area (Å²) in [5.41, 5.74) is 5.89. The van der Waals surface area contributed by atoms with E-state index in [-0.39, 0.29) is 29.7 Å². The van der Waals surface area contributed by atoms with Crippen LogP contribution in [0.5, 0.6) is 5.75 Å². The zero-order valence-corrected chi connectivity index (χ0v) is 25.0. The molecule has 1 unspecified atom stereocenters. The molecule has 0 aliphatic heterocycles. The molecule has 5 atom stereocenters. The molecule has 43 heavy (non-hydrogen) atoms. The lowest BCUT2D eigenvalue weighted by atomic mass is 9.54. The lowest BCUT2D eigenvalue weighted by molar-refractivity contribution is -0.175. The first kappa shape index (κ1) is 30.4. The number of para-hydroxylation sites is 1. The van der Waals surface area contributed by atoms with Crippen LogP contribution < -0.4 is 10.6 Å². The third-order valence-electron chi connectivity index (χ3n) is 9.27. The van der Waals surface area contributed by atoms with Gasteiger partial charge < -0.3 is 26.0 Å². The van der Waals surface area contributed by atoms with E-state index in [1.54, 1.807) is 20.2 Å². The molecule has 5 N–H and O–H groups in total. The maximum Gasteiger partial charge on any atom is 0.235 e. The monoisotopic (exact) mass is 589 g/mol. The van der Waals surface area contributed by atoms with Gasteiger partial charge in [0.1, 0.15) is 11.5 Å². The van der Waals surface area contributed by atoms with Crippen molar-refractivity contribution in [2.75, 3.05) is 32.1 Å². The molecule has 3 aliphatic carbocycles. The van der Waals surface area contributed by atoms with E-state index >= 15 is 0 Å². The highest BCUT2D eigenvalue weighted by atomic mass is 16.3. The van der Waals surface area contributed by atoms with Gasteiger partial charge in [0, 0.05) is 35.8 Å². The molecule has 0 aromatic heterocycles. The third-order valence-corrected chi connectivity index (χ3v) is 9.27. The van der Waals surface area contributed by atoms with E-state index in [1.165, 1.54) is 11.0 Å². The number of nitrogens with zero attached hydrogens (tertiary/aromatic N) is 2. The number of hydrogen-bond donors (Lipinski definition) is 4. The number of phenols is 1. The molecule has 2 saturated carbocycles. The van der Waals surface area contributed by atoms with Crippen LogP contribution in [0.4, 0.5) is 5.69 Å². The van der Waals surface area contributed by atoms with Crippen LogP contribution in [0.2, 0.25) is 0 Å². The van der Waals surface area contributed by atoms with Gasteiger partial charge in [-0.2, -0.15) is 0 Å². The number of benzene rings is 2. The van der Waals surface area contributed by atoms with E-state index < -0.39 is 58.4 Å². The zero-order chi connectivity index (χ0) is 31.4. The number of carbonyl (C=O) groups excluding carboxylic acids is 4. The van der Waals surface area contributed by atoms with Gasteiger partial charge in [-0.25, -0.2) is 0 Å². The average Bonchev–Trinajstić information content (AvgIpc) is 2.95.